The second-order valence-electron chi connectivity index (χ2n) is 6.00. The van der Waals surface area contributed by atoms with Crippen molar-refractivity contribution in [1.82, 2.24) is 0 Å². The molecule has 0 unspecified atom stereocenters. The van der Waals surface area contributed by atoms with Crippen molar-refractivity contribution in [3.05, 3.63) is 70.3 Å². The number of hydrogen-bond donors (Lipinski definition) is 2. The minimum atomic E-state index is 0.359. The highest BCUT2D eigenvalue weighted by Crippen LogP contribution is 2.33. The maximum atomic E-state index is 10.2. The van der Waals surface area contributed by atoms with Gasteiger partial charge in [-0.3, -0.25) is 0 Å². The van der Waals surface area contributed by atoms with Gasteiger partial charge in [0.15, 0.2) is 0 Å². The van der Waals surface area contributed by atoms with Gasteiger partial charge in [0.2, 0.25) is 0 Å². The molecule has 0 saturated carbocycles. The minimum Gasteiger partial charge on any atom is -0.507 e. The van der Waals surface area contributed by atoms with Crippen LogP contribution in [0.5, 0.6) is 11.5 Å². The van der Waals surface area contributed by atoms with Crippen molar-refractivity contribution in [3.8, 4) is 11.5 Å². The fourth-order valence-electron chi connectivity index (χ4n) is 3.10. The average Bonchev–Trinajstić information content (AvgIpc) is 2.50. The van der Waals surface area contributed by atoms with E-state index in [4.69, 9.17) is 0 Å². The van der Waals surface area contributed by atoms with Crippen molar-refractivity contribution in [2.24, 2.45) is 0 Å². The van der Waals surface area contributed by atoms with Crippen LogP contribution in [0.3, 0.4) is 0 Å². The van der Waals surface area contributed by atoms with E-state index in [1.165, 1.54) is 11.1 Å². The summed E-state index contributed by atoms with van der Waals surface area (Å²) in [6.07, 6.45) is 0.781. The number of phenolic OH excluding ortho intramolecular Hbond substituents is 2. The first kappa shape index (κ1) is 14.5. The molecule has 0 atom stereocenters. The largest absolute Gasteiger partial charge is 0.507 e. The minimum absolute atomic E-state index is 0.359. The van der Waals surface area contributed by atoms with Gasteiger partial charge in [0.25, 0.3) is 0 Å². The van der Waals surface area contributed by atoms with Crippen LogP contribution < -0.4 is 0 Å². The Labute approximate surface area is 130 Å². The second kappa shape index (κ2) is 5.38. The van der Waals surface area contributed by atoms with Crippen molar-refractivity contribution >= 4 is 10.8 Å². The Balaban J connectivity index is 2.14. The van der Waals surface area contributed by atoms with E-state index in [9.17, 15) is 10.2 Å². The van der Waals surface area contributed by atoms with Gasteiger partial charge < -0.3 is 10.2 Å². The van der Waals surface area contributed by atoms with E-state index in [1.54, 1.807) is 0 Å². The second-order valence-corrected chi connectivity index (χ2v) is 6.00. The molecule has 0 aliphatic heterocycles. The van der Waals surface area contributed by atoms with Crippen LogP contribution in [0.15, 0.2) is 42.5 Å². The number of phenols is 2. The number of benzene rings is 3. The maximum Gasteiger partial charge on any atom is 0.126 e. The smallest absolute Gasteiger partial charge is 0.126 e. The number of aryl methyl sites for hydroxylation is 3. The molecule has 0 bridgehead atoms. The van der Waals surface area contributed by atoms with Crippen molar-refractivity contribution < 1.29 is 10.2 Å². The fourth-order valence-corrected chi connectivity index (χ4v) is 3.10. The first-order valence-corrected chi connectivity index (χ1v) is 7.46. The summed E-state index contributed by atoms with van der Waals surface area (Å²) in [5.41, 5.74) is 5.05. The summed E-state index contributed by atoms with van der Waals surface area (Å²) in [5.74, 6) is 0.730. The van der Waals surface area contributed by atoms with E-state index in [2.05, 4.69) is 6.07 Å². The zero-order chi connectivity index (χ0) is 15.9. The van der Waals surface area contributed by atoms with E-state index in [1.807, 2.05) is 57.2 Å². The molecule has 0 radical (unpaired) electrons. The first-order chi connectivity index (χ1) is 10.5. The summed E-state index contributed by atoms with van der Waals surface area (Å²) in [6, 6.07) is 14.0. The van der Waals surface area contributed by atoms with Crippen LogP contribution in [-0.2, 0) is 6.42 Å². The molecule has 3 rings (SSSR count). The van der Waals surface area contributed by atoms with Crippen LogP contribution >= 0.6 is 0 Å². The molecule has 0 spiro atoms. The molecule has 3 aromatic rings. The van der Waals surface area contributed by atoms with Gasteiger partial charge in [0, 0.05) is 5.39 Å². The summed E-state index contributed by atoms with van der Waals surface area (Å²) in [6.45, 7) is 5.77. The Kier molecular flexibility index (Phi) is 3.53. The first-order valence-electron chi connectivity index (χ1n) is 7.46. The molecule has 0 aliphatic rings. The quantitative estimate of drug-likeness (QED) is 0.714. The molecule has 0 heterocycles. The number of aromatic hydroxyl groups is 2. The maximum absolute atomic E-state index is 10.2. The highest BCUT2D eigenvalue weighted by molar-refractivity contribution is 5.92. The summed E-state index contributed by atoms with van der Waals surface area (Å²) in [7, 11) is 0. The zero-order valence-corrected chi connectivity index (χ0v) is 13.1. The average molecular weight is 292 g/mol. The Morgan fingerprint density at radius 2 is 1.27 bits per heavy atom. The molecule has 2 nitrogen and oxygen atoms in total. The number of hydrogen-bond acceptors (Lipinski definition) is 2. The number of rotatable bonds is 2. The molecule has 22 heavy (non-hydrogen) atoms. The Morgan fingerprint density at radius 1 is 0.727 bits per heavy atom. The molecule has 0 fully saturated rings. The van der Waals surface area contributed by atoms with Crippen LogP contribution in [0.1, 0.15) is 27.8 Å². The molecular weight excluding hydrogens is 272 g/mol. The normalized spacial score (nSPS) is 11.0. The topological polar surface area (TPSA) is 40.5 Å². The van der Waals surface area contributed by atoms with Crippen LogP contribution in [0.2, 0.25) is 0 Å². The molecule has 2 heteroatoms. The molecular formula is C20H20O2. The van der Waals surface area contributed by atoms with Crippen LogP contribution in [0.25, 0.3) is 10.8 Å². The summed E-state index contributed by atoms with van der Waals surface area (Å²) in [5, 5.41) is 22.1. The van der Waals surface area contributed by atoms with Crippen LogP contribution in [0, 0.1) is 20.8 Å². The van der Waals surface area contributed by atoms with Crippen LogP contribution in [0.4, 0.5) is 0 Å². The lowest BCUT2D eigenvalue weighted by Gasteiger charge is -2.13. The van der Waals surface area contributed by atoms with Crippen molar-refractivity contribution in [2.45, 2.75) is 27.2 Å². The molecule has 112 valence electrons. The lowest BCUT2D eigenvalue weighted by atomic mass is 9.94. The molecule has 0 saturated heterocycles. The van der Waals surface area contributed by atoms with Crippen molar-refractivity contribution in [3.63, 3.8) is 0 Å². The van der Waals surface area contributed by atoms with Gasteiger partial charge in [-0.2, -0.15) is 0 Å². The predicted octanol–water partition coefficient (Wildman–Crippen LogP) is 4.77. The van der Waals surface area contributed by atoms with E-state index >= 15 is 0 Å². The third kappa shape index (κ3) is 2.41. The van der Waals surface area contributed by atoms with E-state index in [-0.39, 0.29) is 0 Å². The third-order valence-electron chi connectivity index (χ3n) is 4.24. The van der Waals surface area contributed by atoms with Crippen molar-refractivity contribution in [2.75, 3.05) is 0 Å². The van der Waals surface area contributed by atoms with Gasteiger partial charge in [0.1, 0.15) is 11.5 Å². The van der Waals surface area contributed by atoms with E-state index in [0.29, 0.717) is 11.5 Å². The van der Waals surface area contributed by atoms with Gasteiger partial charge in [-0.15, -0.1) is 0 Å². The summed E-state index contributed by atoms with van der Waals surface area (Å²) >= 11 is 0. The molecule has 0 aromatic heterocycles. The lowest BCUT2D eigenvalue weighted by Crippen LogP contribution is -1.94. The van der Waals surface area contributed by atoms with Gasteiger partial charge in [-0.05, 0) is 60.4 Å². The lowest BCUT2D eigenvalue weighted by molar-refractivity contribution is 0.466. The zero-order valence-electron chi connectivity index (χ0n) is 13.1. The molecule has 2 N–H and O–H groups in total. The van der Waals surface area contributed by atoms with Crippen LogP contribution in [-0.4, -0.2) is 10.2 Å². The van der Waals surface area contributed by atoms with Crippen molar-refractivity contribution in [1.29, 1.82) is 0 Å². The monoisotopic (exact) mass is 292 g/mol. The highest BCUT2D eigenvalue weighted by atomic mass is 16.3. The van der Waals surface area contributed by atoms with Gasteiger partial charge in [-0.25, -0.2) is 0 Å². The fraction of sp³-hybridized carbons (Fsp3) is 0.200. The number of fused-ring (bicyclic) bond motifs is 1. The van der Waals surface area contributed by atoms with E-state index < -0.39 is 0 Å². The Morgan fingerprint density at radius 3 is 1.91 bits per heavy atom. The summed E-state index contributed by atoms with van der Waals surface area (Å²) in [4.78, 5) is 0. The standard InChI is InChI=1S/C20H20O2/c1-12-8-15(9-13(2)19(12)21)11-16-10-14(3)20(22)18-7-5-4-6-17(16)18/h4-10,21-22H,11H2,1-3H3. The third-order valence-corrected chi connectivity index (χ3v) is 4.24. The SMILES string of the molecule is Cc1cc(Cc2cc(C)c(O)c3ccccc23)cc(C)c1O. The highest BCUT2D eigenvalue weighted by Gasteiger charge is 2.10. The molecule has 0 aliphatic carbocycles. The Bertz CT molecular complexity index is 840. The molecule has 3 aromatic carbocycles. The van der Waals surface area contributed by atoms with E-state index in [0.717, 1.165) is 33.9 Å². The van der Waals surface area contributed by atoms with Gasteiger partial charge in [-0.1, -0.05) is 42.5 Å². The van der Waals surface area contributed by atoms with Gasteiger partial charge >= 0.3 is 0 Å². The summed E-state index contributed by atoms with van der Waals surface area (Å²) < 4.78 is 0. The molecule has 0 amide bonds. The Hall–Kier alpha value is -2.48. The van der Waals surface area contributed by atoms with Gasteiger partial charge in [0.05, 0.1) is 0 Å². The predicted molar refractivity (Wildman–Crippen MR) is 90.7 cm³/mol.